The molecule has 0 fully saturated rings. The number of nitrogens with zero attached hydrogens (tertiary/aromatic N) is 1. The number of ether oxygens (including phenoxy) is 1. The van der Waals surface area contributed by atoms with Gasteiger partial charge in [0.2, 0.25) is 0 Å². The van der Waals surface area contributed by atoms with E-state index in [0.29, 0.717) is 12.6 Å². The number of carbonyl (C=O) groups is 2. The molecular formula is C16H21NO3. The van der Waals surface area contributed by atoms with E-state index < -0.39 is 5.97 Å². The topological polar surface area (TPSA) is 46.6 Å². The number of fused-ring (bicyclic) bond motifs is 1. The van der Waals surface area contributed by atoms with Crippen molar-refractivity contribution >= 4 is 17.4 Å². The molecule has 0 radical (unpaired) electrons. The Labute approximate surface area is 119 Å². The first-order valence-electron chi connectivity index (χ1n) is 7.13. The third-order valence-electron chi connectivity index (χ3n) is 3.66. The Kier molecular flexibility index (Phi) is 4.77. The molecule has 0 spiro atoms. The molecule has 108 valence electrons. The van der Waals surface area contributed by atoms with E-state index in [9.17, 15) is 9.59 Å². The number of hydrogen-bond acceptors (Lipinski definition) is 4. The molecule has 0 bridgehead atoms. The minimum atomic E-state index is -0.435. The van der Waals surface area contributed by atoms with Crippen molar-refractivity contribution in [2.24, 2.45) is 0 Å². The smallest absolute Gasteiger partial charge is 0.313 e. The Morgan fingerprint density at radius 2 is 2.10 bits per heavy atom. The Bertz CT molecular complexity index is 498. The lowest BCUT2D eigenvalue weighted by molar-refractivity contribution is -0.145. The minimum Gasteiger partial charge on any atom is -0.466 e. The standard InChI is InChI=1S/C16H21NO3/c1-3-20-16(19)10-14(18)11-17-12(2)8-9-13-6-4-5-7-15(13)17/h4-7,12H,3,8-11H2,1-2H3. The molecule has 0 amide bonds. The van der Waals surface area contributed by atoms with Gasteiger partial charge >= 0.3 is 5.97 Å². The summed E-state index contributed by atoms with van der Waals surface area (Å²) in [5, 5.41) is 0. The molecule has 1 aromatic carbocycles. The van der Waals surface area contributed by atoms with Crippen molar-refractivity contribution < 1.29 is 14.3 Å². The molecule has 0 N–H and O–H groups in total. The van der Waals surface area contributed by atoms with Crippen LogP contribution in [0.4, 0.5) is 5.69 Å². The maximum atomic E-state index is 12.0. The number of esters is 1. The van der Waals surface area contributed by atoms with Crippen molar-refractivity contribution in [1.82, 2.24) is 0 Å². The van der Waals surface area contributed by atoms with Crippen molar-refractivity contribution in [3.63, 3.8) is 0 Å². The lowest BCUT2D eigenvalue weighted by Crippen LogP contribution is -2.41. The molecule has 1 aromatic rings. The summed E-state index contributed by atoms with van der Waals surface area (Å²) < 4.78 is 4.82. The lowest BCUT2D eigenvalue weighted by Gasteiger charge is -2.36. The summed E-state index contributed by atoms with van der Waals surface area (Å²) in [5.74, 6) is -0.526. The fourth-order valence-electron chi connectivity index (χ4n) is 2.62. The maximum absolute atomic E-state index is 12.0. The molecule has 4 heteroatoms. The molecule has 0 saturated heterocycles. The second kappa shape index (κ2) is 6.55. The first-order chi connectivity index (χ1) is 9.61. The van der Waals surface area contributed by atoms with E-state index in [1.807, 2.05) is 18.2 Å². The van der Waals surface area contributed by atoms with Crippen molar-refractivity contribution in [1.29, 1.82) is 0 Å². The molecule has 0 aliphatic carbocycles. The van der Waals surface area contributed by atoms with Crippen molar-refractivity contribution in [3.05, 3.63) is 29.8 Å². The average molecular weight is 275 g/mol. The number of rotatable bonds is 5. The summed E-state index contributed by atoms with van der Waals surface area (Å²) in [4.78, 5) is 25.5. The van der Waals surface area contributed by atoms with Gasteiger partial charge in [0, 0.05) is 11.7 Å². The van der Waals surface area contributed by atoms with Crippen molar-refractivity contribution in [3.8, 4) is 0 Å². The fourth-order valence-corrected chi connectivity index (χ4v) is 2.62. The highest BCUT2D eigenvalue weighted by molar-refractivity contribution is 5.98. The monoisotopic (exact) mass is 275 g/mol. The van der Waals surface area contributed by atoms with E-state index in [4.69, 9.17) is 4.74 Å². The summed E-state index contributed by atoms with van der Waals surface area (Å²) in [6, 6.07) is 8.47. The maximum Gasteiger partial charge on any atom is 0.313 e. The number of aryl methyl sites for hydroxylation is 1. The predicted molar refractivity (Wildman–Crippen MR) is 77.8 cm³/mol. The zero-order valence-electron chi connectivity index (χ0n) is 12.1. The Hall–Kier alpha value is -1.84. The molecule has 2 rings (SSSR count). The third-order valence-corrected chi connectivity index (χ3v) is 3.66. The molecule has 1 atom stereocenters. The van der Waals surface area contributed by atoms with Gasteiger partial charge in [-0.1, -0.05) is 18.2 Å². The van der Waals surface area contributed by atoms with Crippen LogP contribution in [0.5, 0.6) is 0 Å². The molecule has 1 heterocycles. The van der Waals surface area contributed by atoms with Crippen LogP contribution in [0.1, 0.15) is 32.3 Å². The second-order valence-corrected chi connectivity index (χ2v) is 5.16. The van der Waals surface area contributed by atoms with Gasteiger partial charge in [0.15, 0.2) is 5.78 Å². The second-order valence-electron chi connectivity index (χ2n) is 5.16. The van der Waals surface area contributed by atoms with Gasteiger partial charge in [-0.15, -0.1) is 0 Å². The number of anilines is 1. The molecule has 1 aliphatic heterocycles. The Morgan fingerprint density at radius 1 is 1.35 bits per heavy atom. The third kappa shape index (κ3) is 3.38. The molecule has 4 nitrogen and oxygen atoms in total. The van der Waals surface area contributed by atoms with Gasteiger partial charge in [0.1, 0.15) is 6.42 Å². The molecule has 20 heavy (non-hydrogen) atoms. The first kappa shape index (κ1) is 14.6. The van der Waals surface area contributed by atoms with Crippen LogP contribution < -0.4 is 4.90 Å². The van der Waals surface area contributed by atoms with Crippen molar-refractivity contribution in [2.75, 3.05) is 18.1 Å². The number of benzene rings is 1. The van der Waals surface area contributed by atoms with E-state index >= 15 is 0 Å². The summed E-state index contributed by atoms with van der Waals surface area (Å²) in [6.45, 7) is 4.45. The average Bonchev–Trinajstić information content (AvgIpc) is 2.42. The largest absolute Gasteiger partial charge is 0.466 e. The van der Waals surface area contributed by atoms with Gasteiger partial charge in [0.25, 0.3) is 0 Å². The molecular weight excluding hydrogens is 254 g/mol. The number of para-hydroxylation sites is 1. The SMILES string of the molecule is CCOC(=O)CC(=O)CN1c2ccccc2CCC1C. The predicted octanol–water partition coefficient (Wildman–Crippen LogP) is 2.35. The van der Waals surface area contributed by atoms with E-state index in [2.05, 4.69) is 17.9 Å². The van der Waals surface area contributed by atoms with Gasteiger partial charge in [-0.3, -0.25) is 9.59 Å². The van der Waals surface area contributed by atoms with Crippen LogP contribution >= 0.6 is 0 Å². The van der Waals surface area contributed by atoms with Gasteiger partial charge in [-0.2, -0.15) is 0 Å². The number of hydrogen-bond donors (Lipinski definition) is 0. The highest BCUT2D eigenvalue weighted by Gasteiger charge is 2.25. The molecule has 0 aromatic heterocycles. The summed E-state index contributed by atoms with van der Waals surface area (Å²) >= 11 is 0. The van der Waals surface area contributed by atoms with Crippen LogP contribution in [0.2, 0.25) is 0 Å². The zero-order valence-corrected chi connectivity index (χ0v) is 12.1. The zero-order chi connectivity index (χ0) is 14.5. The van der Waals surface area contributed by atoms with Crippen LogP contribution in [0.25, 0.3) is 0 Å². The Morgan fingerprint density at radius 3 is 2.85 bits per heavy atom. The summed E-state index contributed by atoms with van der Waals surface area (Å²) in [6.07, 6.45) is 1.93. The minimum absolute atomic E-state index is 0.0907. The van der Waals surface area contributed by atoms with Crippen LogP contribution in [0.15, 0.2) is 24.3 Å². The van der Waals surface area contributed by atoms with Crippen LogP contribution in [-0.2, 0) is 20.7 Å². The summed E-state index contributed by atoms with van der Waals surface area (Å²) in [5.41, 5.74) is 2.39. The van der Waals surface area contributed by atoms with E-state index in [1.165, 1.54) is 5.56 Å². The van der Waals surface area contributed by atoms with Crippen molar-refractivity contribution in [2.45, 2.75) is 39.2 Å². The fraction of sp³-hybridized carbons (Fsp3) is 0.500. The van der Waals surface area contributed by atoms with Crippen LogP contribution in [0, 0.1) is 0 Å². The van der Waals surface area contributed by atoms with Gasteiger partial charge in [0.05, 0.1) is 13.2 Å². The van der Waals surface area contributed by atoms with Crippen LogP contribution in [-0.4, -0.2) is 30.9 Å². The van der Waals surface area contributed by atoms with E-state index in [-0.39, 0.29) is 18.7 Å². The highest BCUT2D eigenvalue weighted by Crippen LogP contribution is 2.30. The summed E-state index contributed by atoms with van der Waals surface area (Å²) in [7, 11) is 0. The highest BCUT2D eigenvalue weighted by atomic mass is 16.5. The van der Waals surface area contributed by atoms with Gasteiger partial charge < -0.3 is 9.64 Å². The Balaban J connectivity index is 2.05. The quantitative estimate of drug-likeness (QED) is 0.611. The first-order valence-corrected chi connectivity index (χ1v) is 7.13. The van der Waals surface area contributed by atoms with E-state index in [0.717, 1.165) is 18.5 Å². The number of Topliss-reactive ketones (excluding diaryl/α,β-unsaturated/α-hetero) is 1. The molecule has 1 aliphatic rings. The lowest BCUT2D eigenvalue weighted by atomic mass is 9.96. The molecule has 1 unspecified atom stereocenters. The van der Waals surface area contributed by atoms with Gasteiger partial charge in [-0.05, 0) is 38.3 Å². The van der Waals surface area contributed by atoms with E-state index in [1.54, 1.807) is 6.92 Å². The normalized spacial score (nSPS) is 17.5. The number of ketones is 1. The number of carbonyl (C=O) groups excluding carboxylic acids is 2. The van der Waals surface area contributed by atoms with Crippen LogP contribution in [0.3, 0.4) is 0 Å². The van der Waals surface area contributed by atoms with Gasteiger partial charge in [-0.25, -0.2) is 0 Å². The molecule has 0 saturated carbocycles.